The maximum atomic E-state index is 13.3. The molecule has 3 rings (SSSR count). The van der Waals surface area contributed by atoms with Crippen LogP contribution >= 0.6 is 11.3 Å². The number of anilines is 1. The molecule has 1 amide bonds. The number of thiophene rings is 1. The van der Waals surface area contributed by atoms with E-state index in [-0.39, 0.29) is 5.69 Å². The Morgan fingerprint density at radius 3 is 2.67 bits per heavy atom. The Hall–Kier alpha value is -3.33. The van der Waals surface area contributed by atoms with Crippen LogP contribution in [0.3, 0.4) is 0 Å². The predicted octanol–water partition coefficient (Wildman–Crippen LogP) is 4.13. The smallest absolute Gasteiger partial charge is 0.349 e. The summed E-state index contributed by atoms with van der Waals surface area (Å²) >= 11 is 1.25. The lowest BCUT2D eigenvalue weighted by atomic mass is 10.2. The van der Waals surface area contributed by atoms with Gasteiger partial charge in [-0.05, 0) is 36.6 Å². The van der Waals surface area contributed by atoms with Gasteiger partial charge in [0.2, 0.25) is 5.82 Å². The molecule has 1 heterocycles. The van der Waals surface area contributed by atoms with Crippen molar-refractivity contribution in [3.8, 4) is 0 Å². The molecule has 0 aliphatic rings. The number of amides is 1. The van der Waals surface area contributed by atoms with Crippen molar-refractivity contribution in [3.63, 3.8) is 0 Å². The first-order valence-corrected chi connectivity index (χ1v) is 8.61. The van der Waals surface area contributed by atoms with E-state index < -0.39 is 34.4 Å². The minimum absolute atomic E-state index is 0.0258. The van der Waals surface area contributed by atoms with Crippen molar-refractivity contribution >= 4 is 44.7 Å². The van der Waals surface area contributed by atoms with E-state index in [2.05, 4.69) is 5.32 Å². The van der Waals surface area contributed by atoms with Gasteiger partial charge in [-0.25, -0.2) is 4.79 Å². The van der Waals surface area contributed by atoms with Crippen LogP contribution in [0.25, 0.3) is 10.1 Å². The number of nitrogens with one attached hydrogen (secondary N) is 1. The number of ether oxygens (including phenoxy) is 1. The van der Waals surface area contributed by atoms with E-state index in [1.54, 1.807) is 6.07 Å². The van der Waals surface area contributed by atoms with E-state index in [1.165, 1.54) is 24.3 Å². The fourth-order valence-electron chi connectivity index (χ4n) is 2.33. The van der Waals surface area contributed by atoms with E-state index in [4.69, 9.17) is 4.74 Å². The zero-order valence-electron chi connectivity index (χ0n) is 14.0. The van der Waals surface area contributed by atoms with Gasteiger partial charge in [-0.3, -0.25) is 14.9 Å². The van der Waals surface area contributed by atoms with Crippen LogP contribution < -0.4 is 5.32 Å². The third-order valence-corrected chi connectivity index (χ3v) is 4.79. The number of hydrogen-bond acceptors (Lipinski definition) is 6. The molecule has 0 unspecified atom stereocenters. The molecule has 2 aromatic carbocycles. The zero-order chi connectivity index (χ0) is 19.6. The van der Waals surface area contributed by atoms with E-state index in [0.29, 0.717) is 4.88 Å². The zero-order valence-corrected chi connectivity index (χ0v) is 14.8. The Morgan fingerprint density at radius 1 is 1.22 bits per heavy atom. The van der Waals surface area contributed by atoms with Gasteiger partial charge in [-0.1, -0.05) is 18.2 Å². The molecule has 0 aliphatic carbocycles. The Labute approximate surface area is 156 Å². The fourth-order valence-corrected chi connectivity index (χ4v) is 3.27. The molecular formula is C18H13FN2O5S. The first-order chi connectivity index (χ1) is 12.8. The average Bonchev–Trinajstić information content (AvgIpc) is 3.07. The van der Waals surface area contributed by atoms with Crippen LogP contribution in [0, 0.1) is 15.9 Å². The van der Waals surface area contributed by atoms with Crippen molar-refractivity contribution in [2.45, 2.75) is 13.0 Å². The lowest BCUT2D eigenvalue weighted by Crippen LogP contribution is -2.29. The summed E-state index contributed by atoms with van der Waals surface area (Å²) in [6.07, 6.45) is -1.15. The molecule has 0 saturated heterocycles. The Morgan fingerprint density at radius 2 is 1.96 bits per heavy atom. The summed E-state index contributed by atoms with van der Waals surface area (Å²) in [4.78, 5) is 34.6. The van der Waals surface area contributed by atoms with Gasteiger partial charge in [-0.15, -0.1) is 11.3 Å². The van der Waals surface area contributed by atoms with Crippen LogP contribution in [0.5, 0.6) is 0 Å². The van der Waals surface area contributed by atoms with Crippen molar-refractivity contribution in [3.05, 3.63) is 69.3 Å². The number of fused-ring (bicyclic) bond motifs is 1. The van der Waals surface area contributed by atoms with Crippen LogP contribution in [-0.4, -0.2) is 22.9 Å². The highest BCUT2D eigenvalue weighted by atomic mass is 32.1. The van der Waals surface area contributed by atoms with Crippen LogP contribution in [-0.2, 0) is 9.53 Å². The molecule has 27 heavy (non-hydrogen) atoms. The summed E-state index contributed by atoms with van der Waals surface area (Å²) in [5.41, 5.74) is -0.736. The summed E-state index contributed by atoms with van der Waals surface area (Å²) in [7, 11) is 0. The van der Waals surface area contributed by atoms with E-state index in [0.717, 1.165) is 22.2 Å². The van der Waals surface area contributed by atoms with E-state index in [9.17, 15) is 24.1 Å². The molecule has 138 valence electrons. The molecule has 1 aromatic heterocycles. The van der Waals surface area contributed by atoms with Gasteiger partial charge in [0.05, 0.1) is 4.92 Å². The lowest BCUT2D eigenvalue weighted by Gasteiger charge is -2.13. The fraction of sp³-hybridized carbons (Fsp3) is 0.111. The molecule has 7 nitrogen and oxygen atoms in total. The molecule has 1 atom stereocenters. The van der Waals surface area contributed by atoms with Crippen molar-refractivity contribution < 1.29 is 23.6 Å². The number of benzene rings is 2. The van der Waals surface area contributed by atoms with Gasteiger partial charge in [0.25, 0.3) is 5.91 Å². The second-order valence-corrected chi connectivity index (χ2v) is 6.69. The predicted molar refractivity (Wildman–Crippen MR) is 98.4 cm³/mol. The van der Waals surface area contributed by atoms with Gasteiger partial charge in [0.1, 0.15) is 4.88 Å². The van der Waals surface area contributed by atoms with Gasteiger partial charge >= 0.3 is 11.7 Å². The number of carbonyl (C=O) groups excluding carboxylic acids is 2. The molecule has 0 radical (unpaired) electrons. The van der Waals surface area contributed by atoms with Crippen molar-refractivity contribution in [1.29, 1.82) is 0 Å². The summed E-state index contributed by atoms with van der Waals surface area (Å²) < 4.78 is 19.4. The van der Waals surface area contributed by atoms with Gasteiger partial charge in [-0.2, -0.15) is 4.39 Å². The van der Waals surface area contributed by atoms with Crippen molar-refractivity contribution in [1.82, 2.24) is 0 Å². The summed E-state index contributed by atoms with van der Waals surface area (Å²) in [5.74, 6) is -2.35. The number of nitro groups is 1. The summed E-state index contributed by atoms with van der Waals surface area (Å²) in [6.45, 7) is 1.37. The Bertz CT molecular complexity index is 1020. The monoisotopic (exact) mass is 388 g/mol. The van der Waals surface area contributed by atoms with Crippen LogP contribution in [0.4, 0.5) is 15.8 Å². The minimum Gasteiger partial charge on any atom is -0.448 e. The number of nitro benzene ring substituents is 1. The largest absolute Gasteiger partial charge is 0.448 e. The first kappa shape index (κ1) is 18.5. The molecule has 0 bridgehead atoms. The van der Waals surface area contributed by atoms with Crippen LogP contribution in [0.2, 0.25) is 0 Å². The van der Waals surface area contributed by atoms with Gasteiger partial charge in [0, 0.05) is 16.5 Å². The molecule has 0 fully saturated rings. The number of hydrogen-bond donors (Lipinski definition) is 1. The number of rotatable bonds is 5. The highest BCUT2D eigenvalue weighted by Crippen LogP contribution is 2.26. The van der Waals surface area contributed by atoms with E-state index >= 15 is 0 Å². The Balaban J connectivity index is 1.67. The highest BCUT2D eigenvalue weighted by Gasteiger charge is 2.22. The minimum atomic E-state index is -1.15. The standard InChI is InChI=1S/C18H13FN2O5S/c1-10(17(22)20-12-6-7-13(19)14(9-12)21(24)25)26-18(23)16-8-11-4-2-3-5-15(11)27-16/h2-10H,1H3,(H,20,22)/t10-/m1/s1. The number of esters is 1. The number of carbonyl (C=O) groups is 2. The Kier molecular flexibility index (Phi) is 5.13. The topological polar surface area (TPSA) is 98.5 Å². The second-order valence-electron chi connectivity index (χ2n) is 5.61. The van der Waals surface area contributed by atoms with Crippen molar-refractivity contribution in [2.75, 3.05) is 5.32 Å². The summed E-state index contributed by atoms with van der Waals surface area (Å²) in [5, 5.41) is 14.0. The summed E-state index contributed by atoms with van der Waals surface area (Å²) in [6, 6.07) is 12.1. The third kappa shape index (κ3) is 4.09. The highest BCUT2D eigenvalue weighted by molar-refractivity contribution is 7.20. The maximum Gasteiger partial charge on any atom is 0.349 e. The normalized spacial score (nSPS) is 11.8. The van der Waals surface area contributed by atoms with Gasteiger partial charge < -0.3 is 10.1 Å². The van der Waals surface area contributed by atoms with Crippen LogP contribution in [0.15, 0.2) is 48.5 Å². The lowest BCUT2D eigenvalue weighted by molar-refractivity contribution is -0.387. The molecule has 9 heteroatoms. The number of nitrogens with zero attached hydrogens (tertiary/aromatic N) is 1. The molecule has 0 spiro atoms. The average molecular weight is 388 g/mol. The van der Waals surface area contributed by atoms with Gasteiger partial charge in [0.15, 0.2) is 6.10 Å². The number of halogens is 1. The molecule has 0 aliphatic heterocycles. The third-order valence-electron chi connectivity index (χ3n) is 3.69. The molecular weight excluding hydrogens is 375 g/mol. The molecule has 1 N–H and O–H groups in total. The second kappa shape index (κ2) is 7.50. The van der Waals surface area contributed by atoms with Crippen molar-refractivity contribution in [2.24, 2.45) is 0 Å². The maximum absolute atomic E-state index is 13.3. The first-order valence-electron chi connectivity index (χ1n) is 7.79. The SMILES string of the molecule is C[C@@H](OC(=O)c1cc2ccccc2s1)C(=O)Nc1ccc(F)c([N+](=O)[O-])c1. The molecule has 3 aromatic rings. The quantitative estimate of drug-likeness (QED) is 0.402. The van der Waals surface area contributed by atoms with E-state index in [1.807, 2.05) is 24.3 Å². The van der Waals surface area contributed by atoms with Crippen LogP contribution in [0.1, 0.15) is 16.6 Å². The molecule has 0 saturated carbocycles.